The fourth-order valence-electron chi connectivity index (χ4n) is 2.96. The van der Waals surface area contributed by atoms with Crippen molar-refractivity contribution in [2.45, 2.75) is 76.9 Å². The molecule has 0 heterocycles. The topological polar surface area (TPSA) is 53.0 Å². The van der Waals surface area contributed by atoms with Crippen molar-refractivity contribution in [3.8, 4) is 6.07 Å². The Morgan fingerprint density at radius 1 is 1.29 bits per heavy atom. The first kappa shape index (κ1) is 14.5. The van der Waals surface area contributed by atoms with Crippen LogP contribution < -0.4 is 5.73 Å². The first-order valence-electron chi connectivity index (χ1n) is 7.11. The van der Waals surface area contributed by atoms with E-state index in [2.05, 4.69) is 24.8 Å². The van der Waals surface area contributed by atoms with E-state index < -0.39 is 0 Å². The third kappa shape index (κ3) is 4.29. The second kappa shape index (κ2) is 7.68. The van der Waals surface area contributed by atoms with Crippen molar-refractivity contribution >= 4 is 0 Å². The second-order valence-electron chi connectivity index (χ2n) is 5.23. The molecule has 1 atom stereocenters. The van der Waals surface area contributed by atoms with Gasteiger partial charge < -0.3 is 5.73 Å². The summed E-state index contributed by atoms with van der Waals surface area (Å²) in [5.74, 6) is 0. The van der Waals surface area contributed by atoms with Gasteiger partial charge in [-0.2, -0.15) is 5.26 Å². The van der Waals surface area contributed by atoms with E-state index in [0.29, 0.717) is 24.5 Å². The predicted octanol–water partition coefficient (Wildman–Crippen LogP) is 2.66. The molecule has 0 aromatic rings. The van der Waals surface area contributed by atoms with Crippen LogP contribution in [0.3, 0.4) is 0 Å². The molecule has 1 aliphatic rings. The Kier molecular flexibility index (Phi) is 6.54. The molecule has 17 heavy (non-hydrogen) atoms. The van der Waals surface area contributed by atoms with Crippen molar-refractivity contribution in [2.24, 2.45) is 5.73 Å². The van der Waals surface area contributed by atoms with E-state index in [1.165, 1.54) is 19.3 Å². The van der Waals surface area contributed by atoms with Crippen LogP contribution in [0.4, 0.5) is 0 Å². The van der Waals surface area contributed by atoms with Gasteiger partial charge in [-0.25, -0.2) is 0 Å². The number of nitriles is 1. The zero-order valence-corrected chi connectivity index (χ0v) is 11.4. The highest BCUT2D eigenvalue weighted by Crippen LogP contribution is 2.25. The maximum Gasteiger partial charge on any atom is 0.0638 e. The van der Waals surface area contributed by atoms with Crippen molar-refractivity contribution in [1.29, 1.82) is 5.26 Å². The van der Waals surface area contributed by atoms with E-state index in [4.69, 9.17) is 11.0 Å². The summed E-state index contributed by atoms with van der Waals surface area (Å²) in [6.07, 6.45) is 7.63. The lowest BCUT2D eigenvalue weighted by Crippen LogP contribution is -2.46. The van der Waals surface area contributed by atoms with Crippen molar-refractivity contribution in [1.82, 2.24) is 4.90 Å². The predicted molar refractivity (Wildman–Crippen MR) is 71.5 cm³/mol. The van der Waals surface area contributed by atoms with Crippen molar-refractivity contribution < 1.29 is 0 Å². The van der Waals surface area contributed by atoms with Crippen LogP contribution in [-0.2, 0) is 0 Å². The SMILES string of the molecule is CCCN(C(CC)CC#N)C1CCC(N)CC1. The van der Waals surface area contributed by atoms with E-state index in [0.717, 1.165) is 25.8 Å². The molecule has 0 saturated heterocycles. The summed E-state index contributed by atoms with van der Waals surface area (Å²) in [5, 5.41) is 8.93. The van der Waals surface area contributed by atoms with E-state index in [-0.39, 0.29) is 0 Å². The number of nitrogens with two attached hydrogens (primary N) is 1. The Hall–Kier alpha value is -0.590. The minimum Gasteiger partial charge on any atom is -0.328 e. The third-order valence-corrected chi connectivity index (χ3v) is 3.96. The Morgan fingerprint density at radius 3 is 2.41 bits per heavy atom. The zero-order chi connectivity index (χ0) is 12.7. The van der Waals surface area contributed by atoms with Crippen molar-refractivity contribution in [2.75, 3.05) is 6.54 Å². The van der Waals surface area contributed by atoms with Crippen LogP contribution >= 0.6 is 0 Å². The standard InChI is InChI=1S/C14H27N3/c1-3-11-17(13(4-2)9-10-15)14-7-5-12(16)6-8-14/h12-14H,3-9,11,16H2,1-2H3. The van der Waals surface area contributed by atoms with E-state index in [1.807, 2.05) is 0 Å². The average molecular weight is 237 g/mol. The monoisotopic (exact) mass is 237 g/mol. The highest BCUT2D eigenvalue weighted by atomic mass is 15.2. The van der Waals surface area contributed by atoms with E-state index in [1.54, 1.807) is 0 Å². The van der Waals surface area contributed by atoms with Crippen LogP contribution in [0.25, 0.3) is 0 Å². The summed E-state index contributed by atoms with van der Waals surface area (Å²) in [6.45, 7) is 5.54. The molecule has 1 saturated carbocycles. The van der Waals surface area contributed by atoms with Crippen LogP contribution in [-0.4, -0.2) is 29.6 Å². The van der Waals surface area contributed by atoms with Gasteiger partial charge in [-0.3, -0.25) is 4.90 Å². The first-order chi connectivity index (χ1) is 8.22. The van der Waals surface area contributed by atoms with E-state index >= 15 is 0 Å². The van der Waals surface area contributed by atoms with Gasteiger partial charge in [0, 0.05) is 18.1 Å². The molecule has 3 nitrogen and oxygen atoms in total. The largest absolute Gasteiger partial charge is 0.328 e. The average Bonchev–Trinajstić information content (AvgIpc) is 2.35. The van der Waals surface area contributed by atoms with Crippen LogP contribution in [0, 0.1) is 11.3 Å². The smallest absolute Gasteiger partial charge is 0.0638 e. The molecule has 1 fully saturated rings. The minimum absolute atomic E-state index is 0.408. The maximum absolute atomic E-state index is 8.93. The quantitative estimate of drug-likeness (QED) is 0.772. The molecular weight excluding hydrogens is 210 g/mol. The summed E-state index contributed by atoms with van der Waals surface area (Å²) >= 11 is 0. The van der Waals surface area contributed by atoms with Gasteiger partial charge in [0.2, 0.25) is 0 Å². The minimum atomic E-state index is 0.408. The lowest BCUT2D eigenvalue weighted by Gasteiger charge is -2.40. The van der Waals surface area contributed by atoms with Gasteiger partial charge >= 0.3 is 0 Å². The van der Waals surface area contributed by atoms with Crippen LogP contribution in [0.5, 0.6) is 0 Å². The molecule has 0 bridgehead atoms. The highest BCUT2D eigenvalue weighted by Gasteiger charge is 2.27. The van der Waals surface area contributed by atoms with Gasteiger partial charge in [-0.1, -0.05) is 13.8 Å². The molecule has 1 rings (SSSR count). The molecule has 1 aliphatic carbocycles. The molecule has 0 amide bonds. The third-order valence-electron chi connectivity index (χ3n) is 3.96. The molecule has 2 N–H and O–H groups in total. The fourth-order valence-corrected chi connectivity index (χ4v) is 2.96. The summed E-state index contributed by atoms with van der Waals surface area (Å²) in [6, 6.07) is 3.85. The van der Waals surface area contributed by atoms with Gasteiger partial charge in [-0.15, -0.1) is 0 Å². The molecule has 3 heteroatoms. The zero-order valence-electron chi connectivity index (χ0n) is 11.4. The van der Waals surface area contributed by atoms with Crippen LogP contribution in [0.2, 0.25) is 0 Å². The van der Waals surface area contributed by atoms with Gasteiger partial charge in [0.15, 0.2) is 0 Å². The summed E-state index contributed by atoms with van der Waals surface area (Å²) in [4.78, 5) is 2.58. The molecule has 0 spiro atoms. The van der Waals surface area contributed by atoms with Gasteiger partial charge in [0.05, 0.1) is 12.5 Å². The summed E-state index contributed by atoms with van der Waals surface area (Å²) in [5.41, 5.74) is 5.97. The number of hydrogen-bond donors (Lipinski definition) is 1. The lowest BCUT2D eigenvalue weighted by molar-refractivity contribution is 0.0983. The fraction of sp³-hybridized carbons (Fsp3) is 0.929. The van der Waals surface area contributed by atoms with Crippen LogP contribution in [0.15, 0.2) is 0 Å². The van der Waals surface area contributed by atoms with Gasteiger partial charge in [0.25, 0.3) is 0 Å². The van der Waals surface area contributed by atoms with E-state index in [9.17, 15) is 0 Å². The molecule has 1 unspecified atom stereocenters. The van der Waals surface area contributed by atoms with Gasteiger partial charge in [-0.05, 0) is 45.1 Å². The Morgan fingerprint density at radius 2 is 1.94 bits per heavy atom. The molecule has 98 valence electrons. The van der Waals surface area contributed by atoms with Crippen molar-refractivity contribution in [3.63, 3.8) is 0 Å². The Bertz CT molecular complexity index is 238. The number of nitrogens with zero attached hydrogens (tertiary/aromatic N) is 2. The number of hydrogen-bond acceptors (Lipinski definition) is 3. The normalized spacial score (nSPS) is 26.8. The van der Waals surface area contributed by atoms with Crippen LogP contribution in [0.1, 0.15) is 58.8 Å². The van der Waals surface area contributed by atoms with Crippen molar-refractivity contribution in [3.05, 3.63) is 0 Å². The molecular formula is C14H27N3. The Balaban J connectivity index is 2.60. The lowest BCUT2D eigenvalue weighted by atomic mass is 9.89. The molecule has 0 aliphatic heterocycles. The second-order valence-corrected chi connectivity index (χ2v) is 5.23. The molecule has 0 radical (unpaired) electrons. The summed E-state index contributed by atoms with van der Waals surface area (Å²) in [7, 11) is 0. The maximum atomic E-state index is 8.93. The Labute approximate surface area is 106 Å². The summed E-state index contributed by atoms with van der Waals surface area (Å²) < 4.78 is 0. The van der Waals surface area contributed by atoms with Gasteiger partial charge in [0.1, 0.15) is 0 Å². The highest BCUT2D eigenvalue weighted by molar-refractivity contribution is 4.88. The molecule has 0 aromatic carbocycles. The molecule has 0 aromatic heterocycles. The number of rotatable bonds is 6. The first-order valence-corrected chi connectivity index (χ1v) is 7.11.